The molecule has 28 heavy (non-hydrogen) atoms. The predicted molar refractivity (Wildman–Crippen MR) is 109 cm³/mol. The number of hydrogen-bond acceptors (Lipinski definition) is 3. The molecule has 2 aliphatic heterocycles. The van der Waals surface area contributed by atoms with Gasteiger partial charge in [0.25, 0.3) is 5.91 Å². The average molecular weight is 376 g/mol. The van der Waals surface area contributed by atoms with Crippen LogP contribution in [0.2, 0.25) is 0 Å². The fourth-order valence-corrected chi connectivity index (χ4v) is 4.54. The summed E-state index contributed by atoms with van der Waals surface area (Å²) in [6.07, 6.45) is 2.26. The van der Waals surface area contributed by atoms with Crippen molar-refractivity contribution in [1.29, 1.82) is 0 Å². The fourth-order valence-electron chi connectivity index (χ4n) is 4.54. The second-order valence-corrected chi connectivity index (χ2v) is 7.93. The Balaban J connectivity index is 1.38. The Hall–Kier alpha value is -2.66. The zero-order valence-corrected chi connectivity index (χ0v) is 16.2. The fraction of sp³-hybridized carbons (Fsp3) is 0.348. The highest BCUT2D eigenvalue weighted by Crippen LogP contribution is 2.32. The van der Waals surface area contributed by atoms with Crippen molar-refractivity contribution >= 4 is 11.8 Å². The second-order valence-electron chi connectivity index (χ2n) is 7.93. The Kier molecular flexibility index (Phi) is 5.18. The first-order valence-electron chi connectivity index (χ1n) is 9.82. The van der Waals surface area contributed by atoms with Gasteiger partial charge in [0.2, 0.25) is 5.91 Å². The molecular weight excluding hydrogens is 350 g/mol. The smallest absolute Gasteiger partial charge is 0.254 e. The van der Waals surface area contributed by atoms with E-state index < -0.39 is 5.91 Å². The minimum atomic E-state index is -0.547. The lowest BCUT2D eigenvalue weighted by Crippen LogP contribution is -2.35. The van der Waals surface area contributed by atoms with Gasteiger partial charge in [-0.1, -0.05) is 42.5 Å². The van der Waals surface area contributed by atoms with Crippen LogP contribution in [0, 0.1) is 25.2 Å². The van der Waals surface area contributed by atoms with Crippen molar-refractivity contribution in [1.82, 2.24) is 9.80 Å². The van der Waals surface area contributed by atoms with Gasteiger partial charge in [0.05, 0.1) is 11.1 Å². The van der Waals surface area contributed by atoms with E-state index in [9.17, 15) is 9.59 Å². The van der Waals surface area contributed by atoms with Crippen molar-refractivity contribution in [3.63, 3.8) is 0 Å². The molecule has 2 atom stereocenters. The van der Waals surface area contributed by atoms with Gasteiger partial charge in [-0.3, -0.25) is 9.59 Å². The molecule has 5 nitrogen and oxygen atoms in total. The van der Waals surface area contributed by atoms with E-state index in [2.05, 4.69) is 35.6 Å². The van der Waals surface area contributed by atoms with Crippen molar-refractivity contribution < 1.29 is 9.59 Å². The first-order valence-corrected chi connectivity index (χ1v) is 9.82. The molecule has 2 fully saturated rings. The molecule has 5 heteroatoms. The summed E-state index contributed by atoms with van der Waals surface area (Å²) in [7, 11) is 0. The number of hydrogen-bond donors (Lipinski definition) is 1. The summed E-state index contributed by atoms with van der Waals surface area (Å²) in [5, 5.41) is 0. The zero-order chi connectivity index (χ0) is 19.7. The van der Waals surface area contributed by atoms with Crippen LogP contribution >= 0.6 is 0 Å². The molecule has 2 N–H and O–H groups in total. The van der Waals surface area contributed by atoms with Crippen LogP contribution in [0.25, 0.3) is 0 Å². The van der Waals surface area contributed by atoms with E-state index in [1.165, 1.54) is 5.56 Å². The molecule has 0 aliphatic carbocycles. The van der Waals surface area contributed by atoms with E-state index in [-0.39, 0.29) is 5.91 Å². The van der Waals surface area contributed by atoms with Crippen LogP contribution in [-0.4, -0.2) is 54.3 Å². The van der Waals surface area contributed by atoms with E-state index in [0.29, 0.717) is 23.0 Å². The number of primary amides is 1. The van der Waals surface area contributed by atoms with Crippen molar-refractivity contribution in [2.45, 2.75) is 6.92 Å². The summed E-state index contributed by atoms with van der Waals surface area (Å²) in [5.41, 5.74) is 8.32. The molecule has 0 saturated carbocycles. The monoisotopic (exact) mass is 376 g/mol. The van der Waals surface area contributed by atoms with Crippen LogP contribution in [-0.2, 0) is 0 Å². The summed E-state index contributed by atoms with van der Waals surface area (Å²) in [6, 6.07) is 15.6. The third-order valence-corrected chi connectivity index (χ3v) is 5.99. The third kappa shape index (κ3) is 3.67. The highest BCUT2D eigenvalue weighted by atomic mass is 16.2. The lowest BCUT2D eigenvalue weighted by Gasteiger charge is -2.23. The standard InChI is InChI=1S/C23H26N3O2/c1-16-6-5-9-20(22(24)27)21(16)23(28)26-14-18-12-25(13-19(18)15-26)11-10-17-7-3-2-4-8-17/h2-10,18-19H,11-15H2,1H3,(H2,24,27)/t18-,19?/m1/s1. The number of carbonyl (C=O) groups is 2. The molecular formula is C23H26N3O2. The average Bonchev–Trinajstić information content (AvgIpc) is 3.25. The number of likely N-dealkylation sites (tertiary alicyclic amines) is 2. The van der Waals surface area contributed by atoms with E-state index >= 15 is 0 Å². The number of carbonyl (C=O) groups excluding carboxylic acids is 2. The van der Waals surface area contributed by atoms with Gasteiger partial charge in [0.1, 0.15) is 0 Å². The lowest BCUT2D eigenvalue weighted by atomic mass is 10.00. The molecule has 2 aromatic carbocycles. The number of amides is 2. The van der Waals surface area contributed by atoms with Crippen LogP contribution in [0.4, 0.5) is 0 Å². The zero-order valence-electron chi connectivity index (χ0n) is 16.2. The predicted octanol–water partition coefficient (Wildman–Crippen LogP) is 2.35. The Morgan fingerprint density at radius 1 is 1.00 bits per heavy atom. The van der Waals surface area contributed by atoms with Gasteiger partial charge in [-0.25, -0.2) is 0 Å². The van der Waals surface area contributed by atoms with E-state index in [1.807, 2.05) is 24.0 Å². The number of rotatable bonds is 5. The highest BCUT2D eigenvalue weighted by molar-refractivity contribution is 6.07. The summed E-state index contributed by atoms with van der Waals surface area (Å²) in [4.78, 5) is 29.2. The quantitative estimate of drug-likeness (QED) is 0.871. The van der Waals surface area contributed by atoms with Crippen molar-refractivity contribution in [3.05, 3.63) is 77.2 Å². The van der Waals surface area contributed by atoms with E-state index in [0.717, 1.165) is 38.3 Å². The molecule has 1 radical (unpaired) electrons. The molecule has 2 heterocycles. The van der Waals surface area contributed by atoms with Crippen LogP contribution in [0.1, 0.15) is 31.8 Å². The van der Waals surface area contributed by atoms with Gasteiger partial charge >= 0.3 is 0 Å². The number of aryl methyl sites for hydroxylation is 1. The highest BCUT2D eigenvalue weighted by Gasteiger charge is 2.42. The molecule has 0 aromatic heterocycles. The molecule has 1 unspecified atom stereocenters. The maximum absolute atomic E-state index is 13.1. The summed E-state index contributed by atoms with van der Waals surface area (Å²) >= 11 is 0. The molecule has 0 spiro atoms. The number of benzene rings is 2. The molecule has 0 bridgehead atoms. The minimum absolute atomic E-state index is 0.0660. The van der Waals surface area contributed by atoms with Gasteiger partial charge in [-0.05, 0) is 36.0 Å². The van der Waals surface area contributed by atoms with Gasteiger partial charge in [0.15, 0.2) is 0 Å². The number of fused-ring (bicyclic) bond motifs is 1. The van der Waals surface area contributed by atoms with E-state index in [4.69, 9.17) is 5.73 Å². The summed E-state index contributed by atoms with van der Waals surface area (Å²) in [6.45, 7) is 6.31. The normalized spacial score (nSPS) is 21.7. The largest absolute Gasteiger partial charge is 0.366 e. The third-order valence-electron chi connectivity index (χ3n) is 5.99. The van der Waals surface area contributed by atoms with Gasteiger partial charge in [-0.15, -0.1) is 0 Å². The molecule has 145 valence electrons. The Morgan fingerprint density at radius 3 is 2.32 bits per heavy atom. The van der Waals surface area contributed by atoms with Crippen LogP contribution < -0.4 is 5.73 Å². The van der Waals surface area contributed by atoms with Crippen molar-refractivity contribution in [2.24, 2.45) is 17.6 Å². The topological polar surface area (TPSA) is 66.6 Å². The maximum Gasteiger partial charge on any atom is 0.254 e. The molecule has 2 aromatic rings. The van der Waals surface area contributed by atoms with Crippen molar-refractivity contribution in [3.8, 4) is 0 Å². The number of nitrogens with zero attached hydrogens (tertiary/aromatic N) is 2. The van der Waals surface area contributed by atoms with Gasteiger partial charge in [0, 0.05) is 39.1 Å². The first kappa shape index (κ1) is 18.7. The Bertz CT molecular complexity index is 867. The van der Waals surface area contributed by atoms with E-state index in [1.54, 1.807) is 12.1 Å². The first-order chi connectivity index (χ1) is 13.5. The molecule has 2 amide bonds. The van der Waals surface area contributed by atoms with Crippen LogP contribution in [0.5, 0.6) is 0 Å². The summed E-state index contributed by atoms with van der Waals surface area (Å²) in [5.74, 6) is 0.376. The van der Waals surface area contributed by atoms with Crippen LogP contribution in [0.15, 0.2) is 48.5 Å². The number of nitrogens with two attached hydrogens (primary N) is 1. The van der Waals surface area contributed by atoms with Crippen LogP contribution in [0.3, 0.4) is 0 Å². The van der Waals surface area contributed by atoms with Gasteiger partial charge < -0.3 is 15.5 Å². The van der Waals surface area contributed by atoms with Crippen molar-refractivity contribution in [2.75, 3.05) is 32.7 Å². The SMILES string of the molecule is Cc1cccc(C(N)=O)c1C(=O)N1CC2CN(C[CH]c3ccccc3)C[C@@H]2C1. The summed E-state index contributed by atoms with van der Waals surface area (Å²) < 4.78 is 0. The van der Waals surface area contributed by atoms with Gasteiger partial charge in [-0.2, -0.15) is 0 Å². The molecule has 2 saturated heterocycles. The lowest BCUT2D eigenvalue weighted by molar-refractivity contribution is 0.0768. The Labute approximate surface area is 166 Å². The Morgan fingerprint density at radius 2 is 1.68 bits per heavy atom. The molecule has 4 rings (SSSR count). The maximum atomic E-state index is 13.1. The molecule has 2 aliphatic rings. The second kappa shape index (κ2) is 7.76. The minimum Gasteiger partial charge on any atom is -0.366 e.